The zero-order valence-corrected chi connectivity index (χ0v) is 10.9. The van der Waals surface area contributed by atoms with E-state index in [-0.39, 0.29) is 0 Å². The van der Waals surface area contributed by atoms with E-state index in [1.807, 2.05) is 12.1 Å². The number of phenolic OH excluding ortho intramolecular Hbond substituents is 1. The van der Waals surface area contributed by atoms with Gasteiger partial charge in [0.1, 0.15) is 5.75 Å². The predicted molar refractivity (Wildman–Crippen MR) is 71.3 cm³/mol. The van der Waals surface area contributed by atoms with Crippen molar-refractivity contribution in [2.24, 2.45) is 0 Å². The number of aryl methyl sites for hydroxylation is 1. The molecule has 17 heavy (non-hydrogen) atoms. The van der Waals surface area contributed by atoms with Crippen LogP contribution in [0.2, 0.25) is 0 Å². The first kappa shape index (κ1) is 12.4. The molecule has 0 saturated carbocycles. The molecule has 0 radical (unpaired) electrons. The van der Waals surface area contributed by atoms with E-state index >= 15 is 0 Å². The van der Waals surface area contributed by atoms with Crippen LogP contribution in [0, 0.1) is 0 Å². The number of aromatic hydroxyl groups is 1. The standard InChI is InChI=1S/C15H23NO/c1-3-12(4-2)16-15-7-5-6-11-10-13(17)8-9-14(11)15/h8-10,12,15-17H,3-7H2,1-2H3. The van der Waals surface area contributed by atoms with Gasteiger partial charge in [-0.05, 0) is 55.4 Å². The summed E-state index contributed by atoms with van der Waals surface area (Å²) < 4.78 is 0. The average Bonchev–Trinajstić information content (AvgIpc) is 2.35. The van der Waals surface area contributed by atoms with E-state index in [9.17, 15) is 5.11 Å². The van der Waals surface area contributed by atoms with E-state index in [4.69, 9.17) is 0 Å². The third kappa shape index (κ3) is 2.81. The Labute approximate surface area is 104 Å². The first-order chi connectivity index (χ1) is 8.24. The van der Waals surface area contributed by atoms with Crippen LogP contribution in [-0.2, 0) is 6.42 Å². The highest BCUT2D eigenvalue weighted by molar-refractivity contribution is 5.38. The molecule has 94 valence electrons. The Morgan fingerprint density at radius 2 is 2.12 bits per heavy atom. The van der Waals surface area contributed by atoms with E-state index in [1.165, 1.54) is 36.8 Å². The molecule has 1 aromatic rings. The highest BCUT2D eigenvalue weighted by atomic mass is 16.3. The minimum atomic E-state index is 0.395. The Hall–Kier alpha value is -1.02. The van der Waals surface area contributed by atoms with Gasteiger partial charge in [0.25, 0.3) is 0 Å². The van der Waals surface area contributed by atoms with Gasteiger partial charge in [-0.3, -0.25) is 0 Å². The monoisotopic (exact) mass is 233 g/mol. The highest BCUT2D eigenvalue weighted by Gasteiger charge is 2.21. The number of benzene rings is 1. The second kappa shape index (κ2) is 5.54. The van der Waals surface area contributed by atoms with Crippen LogP contribution < -0.4 is 5.32 Å². The van der Waals surface area contributed by atoms with E-state index in [0.717, 1.165) is 6.42 Å². The number of fused-ring (bicyclic) bond motifs is 1. The van der Waals surface area contributed by atoms with E-state index in [1.54, 1.807) is 0 Å². The Balaban J connectivity index is 2.16. The van der Waals surface area contributed by atoms with Gasteiger partial charge in [0.15, 0.2) is 0 Å². The molecule has 0 aliphatic heterocycles. The van der Waals surface area contributed by atoms with Crippen LogP contribution in [0.25, 0.3) is 0 Å². The topological polar surface area (TPSA) is 32.3 Å². The molecular weight excluding hydrogens is 210 g/mol. The second-order valence-corrected chi connectivity index (χ2v) is 5.01. The van der Waals surface area contributed by atoms with Gasteiger partial charge in [0.05, 0.1) is 0 Å². The van der Waals surface area contributed by atoms with Crippen molar-refractivity contribution in [3.63, 3.8) is 0 Å². The molecule has 1 unspecified atom stereocenters. The molecular formula is C15H23NO. The highest BCUT2D eigenvalue weighted by Crippen LogP contribution is 2.32. The Morgan fingerprint density at radius 1 is 1.35 bits per heavy atom. The Morgan fingerprint density at radius 3 is 2.82 bits per heavy atom. The Kier molecular flexibility index (Phi) is 4.06. The summed E-state index contributed by atoms with van der Waals surface area (Å²) in [4.78, 5) is 0. The molecule has 0 heterocycles. The van der Waals surface area contributed by atoms with Gasteiger partial charge in [0.2, 0.25) is 0 Å². The van der Waals surface area contributed by atoms with Crippen molar-refractivity contribution in [3.8, 4) is 5.75 Å². The summed E-state index contributed by atoms with van der Waals surface area (Å²) in [5.41, 5.74) is 2.71. The van der Waals surface area contributed by atoms with Crippen molar-refractivity contribution < 1.29 is 5.11 Å². The molecule has 0 aromatic heterocycles. The van der Waals surface area contributed by atoms with Gasteiger partial charge >= 0.3 is 0 Å². The number of phenols is 1. The summed E-state index contributed by atoms with van der Waals surface area (Å²) >= 11 is 0. The van der Waals surface area contributed by atoms with Crippen molar-refractivity contribution in [3.05, 3.63) is 29.3 Å². The van der Waals surface area contributed by atoms with Gasteiger partial charge in [-0.2, -0.15) is 0 Å². The molecule has 0 bridgehead atoms. The first-order valence-electron chi connectivity index (χ1n) is 6.82. The van der Waals surface area contributed by atoms with Crippen LogP contribution >= 0.6 is 0 Å². The fourth-order valence-corrected chi connectivity index (χ4v) is 2.78. The van der Waals surface area contributed by atoms with Gasteiger partial charge in [0, 0.05) is 12.1 Å². The number of rotatable bonds is 4. The summed E-state index contributed by atoms with van der Waals surface area (Å²) in [6.45, 7) is 4.48. The molecule has 2 rings (SSSR count). The van der Waals surface area contributed by atoms with Gasteiger partial charge < -0.3 is 10.4 Å². The quantitative estimate of drug-likeness (QED) is 0.833. The third-order valence-electron chi connectivity index (χ3n) is 3.86. The van der Waals surface area contributed by atoms with Crippen molar-refractivity contribution >= 4 is 0 Å². The normalized spacial score (nSPS) is 19.4. The van der Waals surface area contributed by atoms with Crippen molar-refractivity contribution in [1.82, 2.24) is 5.32 Å². The zero-order valence-electron chi connectivity index (χ0n) is 10.9. The van der Waals surface area contributed by atoms with E-state index < -0.39 is 0 Å². The van der Waals surface area contributed by atoms with Crippen LogP contribution in [0.3, 0.4) is 0 Å². The number of nitrogens with one attached hydrogen (secondary N) is 1. The summed E-state index contributed by atoms with van der Waals surface area (Å²) in [6, 6.07) is 6.91. The lowest BCUT2D eigenvalue weighted by molar-refractivity contribution is 0.378. The van der Waals surface area contributed by atoms with Crippen molar-refractivity contribution in [2.75, 3.05) is 0 Å². The summed E-state index contributed by atoms with van der Waals surface area (Å²) in [5.74, 6) is 0.395. The van der Waals surface area contributed by atoms with Crippen molar-refractivity contribution in [1.29, 1.82) is 0 Å². The SMILES string of the molecule is CCC(CC)NC1CCCc2cc(O)ccc21. The molecule has 1 atom stereocenters. The van der Waals surface area contributed by atoms with Gasteiger partial charge in [-0.1, -0.05) is 19.9 Å². The average molecular weight is 233 g/mol. The summed E-state index contributed by atoms with van der Waals surface area (Å²) in [7, 11) is 0. The lowest BCUT2D eigenvalue weighted by atomic mass is 9.87. The summed E-state index contributed by atoms with van der Waals surface area (Å²) in [6.07, 6.45) is 5.90. The molecule has 1 aromatic carbocycles. The number of hydrogen-bond acceptors (Lipinski definition) is 2. The maximum absolute atomic E-state index is 9.53. The molecule has 2 heteroatoms. The third-order valence-corrected chi connectivity index (χ3v) is 3.86. The smallest absolute Gasteiger partial charge is 0.115 e. The molecule has 1 aliphatic carbocycles. The van der Waals surface area contributed by atoms with Crippen LogP contribution in [0.5, 0.6) is 5.75 Å². The predicted octanol–water partition coefficient (Wildman–Crippen LogP) is 3.55. The maximum atomic E-state index is 9.53. The number of hydrogen-bond donors (Lipinski definition) is 2. The first-order valence-corrected chi connectivity index (χ1v) is 6.82. The minimum absolute atomic E-state index is 0.395. The molecule has 1 aliphatic rings. The fraction of sp³-hybridized carbons (Fsp3) is 0.600. The minimum Gasteiger partial charge on any atom is -0.508 e. The molecule has 2 N–H and O–H groups in total. The van der Waals surface area contributed by atoms with Crippen LogP contribution in [-0.4, -0.2) is 11.1 Å². The molecule has 2 nitrogen and oxygen atoms in total. The van der Waals surface area contributed by atoms with Crippen LogP contribution in [0.15, 0.2) is 18.2 Å². The Bertz CT molecular complexity index is 371. The van der Waals surface area contributed by atoms with Crippen LogP contribution in [0.4, 0.5) is 0 Å². The fourth-order valence-electron chi connectivity index (χ4n) is 2.78. The molecule has 0 saturated heterocycles. The molecule has 0 fully saturated rings. The second-order valence-electron chi connectivity index (χ2n) is 5.01. The van der Waals surface area contributed by atoms with Gasteiger partial charge in [-0.25, -0.2) is 0 Å². The largest absolute Gasteiger partial charge is 0.508 e. The molecule has 0 spiro atoms. The zero-order chi connectivity index (χ0) is 12.3. The lowest BCUT2D eigenvalue weighted by Gasteiger charge is -2.30. The van der Waals surface area contributed by atoms with Crippen molar-refractivity contribution in [2.45, 2.75) is 58.0 Å². The van der Waals surface area contributed by atoms with Crippen LogP contribution in [0.1, 0.15) is 56.7 Å². The van der Waals surface area contributed by atoms with E-state index in [2.05, 4.69) is 25.2 Å². The lowest BCUT2D eigenvalue weighted by Crippen LogP contribution is -2.33. The maximum Gasteiger partial charge on any atom is 0.115 e. The van der Waals surface area contributed by atoms with E-state index in [0.29, 0.717) is 17.8 Å². The molecule has 0 amide bonds. The summed E-state index contributed by atoms with van der Waals surface area (Å²) in [5, 5.41) is 13.3. The van der Waals surface area contributed by atoms with Gasteiger partial charge in [-0.15, -0.1) is 0 Å².